The summed E-state index contributed by atoms with van der Waals surface area (Å²) in [5.74, 6) is -0.827. The molecule has 110 valence electrons. The summed E-state index contributed by atoms with van der Waals surface area (Å²) in [7, 11) is 1.69. The Morgan fingerprint density at radius 1 is 1.65 bits per heavy atom. The third-order valence-electron chi connectivity index (χ3n) is 3.62. The van der Waals surface area contributed by atoms with E-state index < -0.39 is 5.82 Å². The Morgan fingerprint density at radius 2 is 2.40 bits per heavy atom. The molecule has 2 rings (SSSR count). The Bertz CT molecular complexity index is 495. The fourth-order valence-electron chi connectivity index (χ4n) is 2.47. The number of amides is 1. The van der Waals surface area contributed by atoms with Crippen molar-refractivity contribution < 1.29 is 13.9 Å². The average molecular weight is 281 g/mol. The molecule has 0 aromatic carbocycles. The van der Waals surface area contributed by atoms with E-state index in [9.17, 15) is 9.18 Å². The minimum atomic E-state index is -0.599. The second-order valence-electron chi connectivity index (χ2n) is 4.90. The summed E-state index contributed by atoms with van der Waals surface area (Å²) >= 11 is 0. The van der Waals surface area contributed by atoms with Gasteiger partial charge in [-0.2, -0.15) is 0 Å². The number of nitrogens with zero attached hydrogens (tertiary/aromatic N) is 2. The molecule has 1 aromatic heterocycles. The number of hydrogen-bond donors (Lipinski definition) is 1. The second-order valence-corrected chi connectivity index (χ2v) is 4.90. The highest BCUT2D eigenvalue weighted by Gasteiger charge is 2.32. The lowest BCUT2D eigenvalue weighted by molar-refractivity contribution is 0.0571. The van der Waals surface area contributed by atoms with Gasteiger partial charge >= 0.3 is 0 Å². The minimum Gasteiger partial charge on any atom is -0.376 e. The zero-order valence-electron chi connectivity index (χ0n) is 12.0. The maximum Gasteiger partial charge on any atom is 0.257 e. The topological polar surface area (TPSA) is 54.5 Å². The predicted molar refractivity (Wildman–Crippen MR) is 74.3 cm³/mol. The molecule has 1 saturated heterocycles. The maximum atomic E-state index is 14.3. The zero-order valence-corrected chi connectivity index (χ0v) is 12.0. The number of anilines is 1. The largest absolute Gasteiger partial charge is 0.376 e. The first kappa shape index (κ1) is 14.7. The highest BCUT2D eigenvalue weighted by atomic mass is 19.1. The lowest BCUT2D eigenvalue weighted by atomic mass is 10.1. The van der Waals surface area contributed by atoms with Crippen LogP contribution in [0.5, 0.6) is 0 Å². The molecule has 5 nitrogen and oxygen atoms in total. The molecule has 1 aromatic rings. The summed E-state index contributed by atoms with van der Waals surface area (Å²) in [5, 5.41) is 2.81. The molecule has 2 atom stereocenters. The molecule has 20 heavy (non-hydrogen) atoms. The summed E-state index contributed by atoms with van der Waals surface area (Å²) < 4.78 is 19.7. The molecule has 0 saturated carbocycles. The van der Waals surface area contributed by atoms with Gasteiger partial charge in [-0.1, -0.05) is 0 Å². The van der Waals surface area contributed by atoms with Crippen molar-refractivity contribution in [1.82, 2.24) is 9.88 Å². The molecule has 0 radical (unpaired) electrons. The SMILES string of the molecule is CCNc1nccc(C(=O)N(C)C2CCOC2C)c1F. The van der Waals surface area contributed by atoms with Crippen LogP contribution in [0.1, 0.15) is 30.6 Å². The van der Waals surface area contributed by atoms with E-state index in [0.29, 0.717) is 13.2 Å². The fourth-order valence-corrected chi connectivity index (χ4v) is 2.47. The number of halogens is 1. The van der Waals surface area contributed by atoms with Gasteiger partial charge in [0.15, 0.2) is 11.6 Å². The second kappa shape index (κ2) is 6.17. The molecule has 1 aliphatic heterocycles. The molecule has 0 spiro atoms. The van der Waals surface area contributed by atoms with E-state index in [0.717, 1.165) is 6.42 Å². The van der Waals surface area contributed by atoms with Gasteiger partial charge in [0, 0.05) is 26.4 Å². The molecule has 6 heteroatoms. The van der Waals surface area contributed by atoms with Crippen LogP contribution in [0.3, 0.4) is 0 Å². The van der Waals surface area contributed by atoms with Crippen molar-refractivity contribution in [3.8, 4) is 0 Å². The first-order chi connectivity index (χ1) is 9.56. The molecule has 1 fully saturated rings. The molecule has 1 aliphatic rings. The normalized spacial score (nSPS) is 21.8. The van der Waals surface area contributed by atoms with Crippen LogP contribution < -0.4 is 5.32 Å². The van der Waals surface area contributed by atoms with Gasteiger partial charge < -0.3 is 15.0 Å². The number of aromatic nitrogens is 1. The third kappa shape index (κ3) is 2.75. The van der Waals surface area contributed by atoms with E-state index >= 15 is 0 Å². The summed E-state index contributed by atoms with van der Waals surface area (Å²) in [4.78, 5) is 17.9. The predicted octanol–water partition coefficient (Wildman–Crippen LogP) is 1.90. The Kier molecular flexibility index (Phi) is 4.54. The highest BCUT2D eigenvalue weighted by Crippen LogP contribution is 2.22. The molecule has 0 bridgehead atoms. The number of ether oxygens (including phenoxy) is 1. The van der Waals surface area contributed by atoms with Crippen LogP contribution in [0.2, 0.25) is 0 Å². The van der Waals surface area contributed by atoms with E-state index in [1.54, 1.807) is 11.9 Å². The van der Waals surface area contributed by atoms with Gasteiger partial charge in [-0.3, -0.25) is 4.79 Å². The molecular formula is C14H20FN3O2. The lowest BCUT2D eigenvalue weighted by Crippen LogP contribution is -2.41. The smallest absolute Gasteiger partial charge is 0.257 e. The van der Waals surface area contributed by atoms with Gasteiger partial charge in [-0.25, -0.2) is 9.37 Å². The Hall–Kier alpha value is -1.69. The minimum absolute atomic E-state index is 0.0161. The Labute approximate surface area is 118 Å². The molecule has 0 aliphatic carbocycles. The number of nitrogens with one attached hydrogen (secondary N) is 1. The van der Waals surface area contributed by atoms with E-state index in [2.05, 4.69) is 10.3 Å². The zero-order chi connectivity index (χ0) is 14.7. The van der Waals surface area contributed by atoms with Crippen LogP contribution in [-0.4, -0.2) is 48.1 Å². The Morgan fingerprint density at radius 3 is 3.00 bits per heavy atom. The van der Waals surface area contributed by atoms with Crippen LogP contribution >= 0.6 is 0 Å². The van der Waals surface area contributed by atoms with Gasteiger partial charge in [0.2, 0.25) is 0 Å². The van der Waals surface area contributed by atoms with Crippen molar-refractivity contribution in [2.75, 3.05) is 25.5 Å². The van der Waals surface area contributed by atoms with Crippen LogP contribution in [0.25, 0.3) is 0 Å². The first-order valence-corrected chi connectivity index (χ1v) is 6.83. The van der Waals surface area contributed by atoms with Gasteiger partial charge in [0.05, 0.1) is 17.7 Å². The number of pyridine rings is 1. The highest BCUT2D eigenvalue weighted by molar-refractivity contribution is 5.95. The first-order valence-electron chi connectivity index (χ1n) is 6.83. The van der Waals surface area contributed by atoms with E-state index in [-0.39, 0.29) is 29.4 Å². The van der Waals surface area contributed by atoms with E-state index in [1.165, 1.54) is 12.3 Å². The van der Waals surface area contributed by atoms with Gasteiger partial charge in [0.25, 0.3) is 5.91 Å². The van der Waals surface area contributed by atoms with Crippen LogP contribution in [0, 0.1) is 5.82 Å². The number of likely N-dealkylation sites (N-methyl/N-ethyl adjacent to an activating group) is 1. The number of rotatable bonds is 4. The van der Waals surface area contributed by atoms with Crippen LogP contribution in [-0.2, 0) is 4.74 Å². The van der Waals surface area contributed by atoms with E-state index in [1.807, 2.05) is 13.8 Å². The quantitative estimate of drug-likeness (QED) is 0.916. The van der Waals surface area contributed by atoms with Crippen molar-refractivity contribution in [3.63, 3.8) is 0 Å². The molecular weight excluding hydrogens is 261 g/mol. The summed E-state index contributed by atoms with van der Waals surface area (Å²) in [5.41, 5.74) is 0.0394. The number of carbonyl (C=O) groups is 1. The fraction of sp³-hybridized carbons (Fsp3) is 0.571. The molecule has 2 heterocycles. The van der Waals surface area contributed by atoms with Gasteiger partial charge in [-0.15, -0.1) is 0 Å². The van der Waals surface area contributed by atoms with Crippen molar-refractivity contribution in [2.24, 2.45) is 0 Å². The van der Waals surface area contributed by atoms with Crippen molar-refractivity contribution in [2.45, 2.75) is 32.4 Å². The van der Waals surface area contributed by atoms with Crippen molar-refractivity contribution in [3.05, 3.63) is 23.6 Å². The molecule has 1 N–H and O–H groups in total. The summed E-state index contributed by atoms with van der Waals surface area (Å²) in [6.45, 7) is 4.95. The van der Waals surface area contributed by atoms with Crippen LogP contribution in [0.15, 0.2) is 12.3 Å². The Balaban J connectivity index is 2.22. The van der Waals surface area contributed by atoms with Gasteiger partial charge in [-0.05, 0) is 26.3 Å². The van der Waals surface area contributed by atoms with Crippen LogP contribution in [0.4, 0.5) is 10.2 Å². The number of carbonyl (C=O) groups excluding carboxylic acids is 1. The molecule has 2 unspecified atom stereocenters. The molecule has 1 amide bonds. The lowest BCUT2D eigenvalue weighted by Gasteiger charge is -2.27. The van der Waals surface area contributed by atoms with Crippen molar-refractivity contribution >= 4 is 11.7 Å². The maximum absolute atomic E-state index is 14.3. The summed E-state index contributed by atoms with van der Waals surface area (Å²) in [6, 6.07) is 1.40. The van der Waals surface area contributed by atoms with E-state index in [4.69, 9.17) is 4.74 Å². The monoisotopic (exact) mass is 281 g/mol. The third-order valence-corrected chi connectivity index (χ3v) is 3.62. The van der Waals surface area contributed by atoms with Crippen molar-refractivity contribution in [1.29, 1.82) is 0 Å². The average Bonchev–Trinajstić information content (AvgIpc) is 2.86. The number of hydrogen-bond acceptors (Lipinski definition) is 4. The standard InChI is InChI=1S/C14H20FN3O2/c1-4-16-13-12(15)10(5-7-17-13)14(19)18(3)11-6-8-20-9(11)2/h5,7,9,11H,4,6,8H2,1-3H3,(H,16,17). The van der Waals surface area contributed by atoms with Gasteiger partial charge in [0.1, 0.15) is 0 Å². The summed E-state index contributed by atoms with van der Waals surface area (Å²) in [6.07, 6.45) is 2.19.